The molecule has 1 aliphatic carbocycles. The minimum atomic E-state index is -0.461. The van der Waals surface area contributed by atoms with Gasteiger partial charge in [-0.3, -0.25) is 0 Å². The van der Waals surface area contributed by atoms with Gasteiger partial charge in [-0.05, 0) is 48.9 Å². The van der Waals surface area contributed by atoms with Gasteiger partial charge < -0.3 is 4.57 Å². The van der Waals surface area contributed by atoms with E-state index in [2.05, 4.69) is 74.0 Å². The average molecular weight is 265 g/mol. The molecule has 0 unspecified atom stereocenters. The van der Waals surface area contributed by atoms with Crippen molar-refractivity contribution in [3.63, 3.8) is 0 Å². The van der Waals surface area contributed by atoms with Crippen molar-refractivity contribution in [2.75, 3.05) is 0 Å². The van der Waals surface area contributed by atoms with Crippen molar-refractivity contribution in [3.8, 4) is 5.69 Å². The van der Waals surface area contributed by atoms with Crippen LogP contribution in [-0.4, -0.2) is 18.1 Å². The Labute approximate surface area is 116 Å². The van der Waals surface area contributed by atoms with Crippen molar-refractivity contribution in [3.05, 3.63) is 58.9 Å². The molecule has 1 aromatic heterocycles. The molecule has 19 heavy (non-hydrogen) atoms. The summed E-state index contributed by atoms with van der Waals surface area (Å²) in [6, 6.07) is 13.0. The fourth-order valence-electron chi connectivity index (χ4n) is 3.06. The number of allylic oxidation sites excluding steroid dienone is 1. The number of aromatic nitrogens is 1. The zero-order valence-corrected chi connectivity index (χ0v) is 13.0. The van der Waals surface area contributed by atoms with Crippen molar-refractivity contribution in [2.24, 2.45) is 0 Å². The van der Waals surface area contributed by atoms with Gasteiger partial charge in [-0.15, -0.1) is 0 Å². The predicted molar refractivity (Wildman–Crippen MR) is 85.7 cm³/mol. The van der Waals surface area contributed by atoms with E-state index in [-0.39, 0.29) is 0 Å². The molecule has 2 aromatic rings. The standard InChI is InChI=1S/C17H19NSi/c1-12-10-14-11-13(2)18(15-8-6-5-7-9-15)16(14)17(12)19(3)4/h5-11H,1-4H3. The molecular formula is C17H19NSi. The van der Waals surface area contributed by atoms with Crippen LogP contribution in [0.2, 0.25) is 13.1 Å². The van der Waals surface area contributed by atoms with Crippen LogP contribution in [0.15, 0.2) is 42.0 Å². The number of hydrogen-bond acceptors (Lipinski definition) is 0. The minimum Gasteiger partial charge on any atom is -0.314 e. The quantitative estimate of drug-likeness (QED) is 0.685. The van der Waals surface area contributed by atoms with E-state index in [0.717, 1.165) is 0 Å². The zero-order chi connectivity index (χ0) is 13.6. The fourth-order valence-corrected chi connectivity index (χ4v) is 4.65. The van der Waals surface area contributed by atoms with Gasteiger partial charge in [0.25, 0.3) is 0 Å². The summed E-state index contributed by atoms with van der Waals surface area (Å²) in [5, 5.41) is 1.58. The second-order valence-electron chi connectivity index (χ2n) is 5.46. The van der Waals surface area contributed by atoms with Crippen LogP contribution in [0.5, 0.6) is 0 Å². The van der Waals surface area contributed by atoms with Crippen LogP contribution in [0.3, 0.4) is 0 Å². The van der Waals surface area contributed by atoms with E-state index in [1.807, 2.05) is 0 Å². The van der Waals surface area contributed by atoms with Gasteiger partial charge in [0.15, 0.2) is 0 Å². The van der Waals surface area contributed by atoms with Gasteiger partial charge in [-0.25, -0.2) is 0 Å². The molecule has 0 amide bonds. The molecule has 2 heteroatoms. The van der Waals surface area contributed by atoms with Crippen molar-refractivity contribution in [2.45, 2.75) is 26.9 Å². The topological polar surface area (TPSA) is 4.93 Å². The van der Waals surface area contributed by atoms with Crippen LogP contribution >= 0.6 is 0 Å². The highest BCUT2D eigenvalue weighted by molar-refractivity contribution is 6.75. The van der Waals surface area contributed by atoms with Crippen LogP contribution in [0.4, 0.5) is 0 Å². The van der Waals surface area contributed by atoms with Crippen molar-refractivity contribution >= 4 is 19.7 Å². The molecule has 1 aromatic carbocycles. The molecule has 1 aliphatic rings. The Morgan fingerprint density at radius 2 is 1.68 bits per heavy atom. The monoisotopic (exact) mass is 265 g/mol. The Kier molecular flexibility index (Phi) is 2.90. The SMILES string of the molecule is CC1=Cc2cc(C)n(-c3ccccc3)c2C1=[Si](C)C. The van der Waals surface area contributed by atoms with Crippen LogP contribution in [0.1, 0.15) is 23.9 Å². The normalized spacial score (nSPS) is 13.5. The van der Waals surface area contributed by atoms with Crippen molar-refractivity contribution < 1.29 is 0 Å². The summed E-state index contributed by atoms with van der Waals surface area (Å²) in [7, 11) is -0.461. The van der Waals surface area contributed by atoms with Gasteiger partial charge in [0, 0.05) is 25.4 Å². The number of benzene rings is 1. The molecule has 0 N–H and O–H groups in total. The Morgan fingerprint density at radius 3 is 2.32 bits per heavy atom. The van der Waals surface area contributed by atoms with E-state index < -0.39 is 8.41 Å². The lowest BCUT2D eigenvalue weighted by atomic mass is 10.2. The van der Waals surface area contributed by atoms with Gasteiger partial charge in [0.1, 0.15) is 0 Å². The van der Waals surface area contributed by atoms with E-state index in [4.69, 9.17) is 0 Å². The molecule has 0 radical (unpaired) electrons. The molecule has 0 aliphatic heterocycles. The summed E-state index contributed by atoms with van der Waals surface area (Å²) in [6.07, 6.45) is 2.34. The van der Waals surface area contributed by atoms with Gasteiger partial charge in [-0.2, -0.15) is 0 Å². The molecule has 1 nitrogen and oxygen atoms in total. The maximum absolute atomic E-state index is 2.41. The molecule has 0 fully saturated rings. The highest BCUT2D eigenvalue weighted by Crippen LogP contribution is 2.31. The van der Waals surface area contributed by atoms with Crippen LogP contribution < -0.4 is 0 Å². The van der Waals surface area contributed by atoms with Crippen LogP contribution in [0, 0.1) is 6.92 Å². The molecule has 0 saturated heterocycles. The number of fused-ring (bicyclic) bond motifs is 1. The first kappa shape index (κ1) is 12.4. The maximum Gasteiger partial charge on any atom is 0.0558 e. The number of nitrogens with zero attached hydrogens (tertiary/aromatic N) is 1. The molecule has 0 saturated carbocycles. The molecule has 0 spiro atoms. The third kappa shape index (κ3) is 1.87. The van der Waals surface area contributed by atoms with Gasteiger partial charge >= 0.3 is 0 Å². The third-order valence-corrected chi connectivity index (χ3v) is 5.36. The molecule has 96 valence electrons. The molecule has 0 atom stereocenters. The summed E-state index contributed by atoms with van der Waals surface area (Å²) < 4.78 is 2.41. The first-order valence-corrected chi connectivity index (χ1v) is 9.24. The van der Waals surface area contributed by atoms with Gasteiger partial charge in [0.2, 0.25) is 0 Å². The van der Waals surface area contributed by atoms with E-state index in [1.54, 1.807) is 5.17 Å². The Morgan fingerprint density at radius 1 is 1.00 bits per heavy atom. The van der Waals surface area contributed by atoms with E-state index >= 15 is 0 Å². The highest BCUT2D eigenvalue weighted by atomic mass is 28.2. The van der Waals surface area contributed by atoms with Crippen molar-refractivity contribution in [1.82, 2.24) is 4.57 Å². The fraction of sp³-hybridized carbons (Fsp3) is 0.235. The van der Waals surface area contributed by atoms with Crippen LogP contribution in [-0.2, 0) is 0 Å². The zero-order valence-electron chi connectivity index (χ0n) is 12.0. The van der Waals surface area contributed by atoms with Gasteiger partial charge in [-0.1, -0.05) is 31.3 Å². The van der Waals surface area contributed by atoms with E-state index in [9.17, 15) is 0 Å². The Balaban J connectivity index is 2.31. The average Bonchev–Trinajstić information content (AvgIpc) is 2.82. The second-order valence-corrected chi connectivity index (χ2v) is 7.96. The minimum absolute atomic E-state index is 0.461. The molecule has 0 bridgehead atoms. The summed E-state index contributed by atoms with van der Waals surface area (Å²) >= 11 is 0. The van der Waals surface area contributed by atoms with E-state index in [1.165, 1.54) is 28.2 Å². The van der Waals surface area contributed by atoms with Gasteiger partial charge in [0.05, 0.1) is 5.69 Å². The molecular weight excluding hydrogens is 246 g/mol. The lowest BCUT2D eigenvalue weighted by molar-refractivity contribution is 1.00. The number of para-hydroxylation sites is 1. The smallest absolute Gasteiger partial charge is 0.0558 e. The lowest BCUT2D eigenvalue weighted by Gasteiger charge is -2.14. The Hall–Kier alpha value is -1.67. The number of hydrogen-bond donors (Lipinski definition) is 0. The summed E-state index contributed by atoms with van der Waals surface area (Å²) in [6.45, 7) is 9.20. The first-order valence-electron chi connectivity index (χ1n) is 6.74. The highest BCUT2D eigenvalue weighted by Gasteiger charge is 2.23. The van der Waals surface area contributed by atoms with Crippen molar-refractivity contribution in [1.29, 1.82) is 0 Å². The lowest BCUT2D eigenvalue weighted by Crippen LogP contribution is -2.15. The molecule has 1 heterocycles. The summed E-state index contributed by atoms with van der Waals surface area (Å²) in [5.41, 5.74) is 6.86. The van der Waals surface area contributed by atoms with Crippen LogP contribution in [0.25, 0.3) is 11.8 Å². The number of rotatable bonds is 1. The predicted octanol–water partition coefficient (Wildman–Crippen LogP) is 4.06. The second kappa shape index (κ2) is 4.46. The first-order chi connectivity index (χ1) is 9.09. The summed E-state index contributed by atoms with van der Waals surface area (Å²) in [4.78, 5) is 0. The Bertz CT molecular complexity index is 698. The summed E-state index contributed by atoms with van der Waals surface area (Å²) in [5.74, 6) is 0. The largest absolute Gasteiger partial charge is 0.314 e. The molecule has 3 rings (SSSR count). The maximum atomic E-state index is 2.41. The third-order valence-electron chi connectivity index (χ3n) is 3.73. The van der Waals surface area contributed by atoms with E-state index in [0.29, 0.717) is 0 Å². The number of aryl methyl sites for hydroxylation is 1.